The number of likely N-dealkylation sites (tertiary alicyclic amines) is 2. The molecule has 0 aromatic carbocycles. The van der Waals surface area contributed by atoms with E-state index in [0.717, 1.165) is 19.5 Å². The average Bonchev–Trinajstić information content (AvgIpc) is 3.46. The van der Waals surface area contributed by atoms with Crippen LogP contribution in [0.5, 0.6) is 0 Å². The van der Waals surface area contributed by atoms with E-state index in [-0.39, 0.29) is 11.5 Å². The lowest BCUT2D eigenvalue weighted by Crippen LogP contribution is -2.45. The molecule has 0 radical (unpaired) electrons. The molecule has 6 nitrogen and oxygen atoms in total. The third-order valence-electron chi connectivity index (χ3n) is 7.61. The Morgan fingerprint density at radius 3 is 2.93 bits per heavy atom. The fourth-order valence-corrected chi connectivity index (χ4v) is 6.08. The van der Waals surface area contributed by atoms with Crippen molar-refractivity contribution in [1.82, 2.24) is 15.1 Å². The van der Waals surface area contributed by atoms with Gasteiger partial charge in [0.25, 0.3) is 5.91 Å². The van der Waals surface area contributed by atoms with Crippen molar-refractivity contribution < 1.29 is 13.9 Å². The summed E-state index contributed by atoms with van der Waals surface area (Å²) in [6.07, 6.45) is 8.27. The number of nitrogens with zero attached hydrogens (tertiary/aromatic N) is 2. The summed E-state index contributed by atoms with van der Waals surface area (Å²) >= 11 is 0. The fraction of sp³-hybridized carbons (Fsp3) is 0.762. The van der Waals surface area contributed by atoms with Gasteiger partial charge in [0.1, 0.15) is 6.26 Å². The van der Waals surface area contributed by atoms with Crippen LogP contribution in [0.25, 0.3) is 0 Å². The molecule has 5 rings (SSSR count). The zero-order valence-electron chi connectivity index (χ0n) is 16.2. The maximum atomic E-state index is 12.3. The molecule has 1 N–H and O–H groups in total. The van der Waals surface area contributed by atoms with Gasteiger partial charge in [0.2, 0.25) is 0 Å². The normalized spacial score (nSPS) is 37.0. The third-order valence-corrected chi connectivity index (χ3v) is 7.61. The SMILES string of the molecule is CCN1CCC(N2C[C@@H]3[C@H](CNC(=O)c4ccoc4)[C@H]4CC[C@]3(C2)O4)CC1. The van der Waals surface area contributed by atoms with Crippen LogP contribution in [0.1, 0.15) is 43.0 Å². The van der Waals surface area contributed by atoms with Crippen LogP contribution in [0.15, 0.2) is 23.0 Å². The molecule has 1 aromatic heterocycles. The Morgan fingerprint density at radius 1 is 1.33 bits per heavy atom. The number of hydrogen-bond acceptors (Lipinski definition) is 5. The average molecular weight is 373 g/mol. The van der Waals surface area contributed by atoms with E-state index in [9.17, 15) is 4.79 Å². The quantitative estimate of drug-likeness (QED) is 0.855. The number of furan rings is 1. The van der Waals surface area contributed by atoms with Crippen LogP contribution in [-0.2, 0) is 4.74 Å². The number of hydrogen-bond donors (Lipinski definition) is 1. The molecule has 0 unspecified atom stereocenters. The minimum absolute atomic E-state index is 0.0395. The third kappa shape index (κ3) is 3.02. The molecule has 2 bridgehead atoms. The Kier molecular flexibility index (Phi) is 4.53. The van der Waals surface area contributed by atoms with Gasteiger partial charge >= 0.3 is 0 Å². The number of carbonyl (C=O) groups is 1. The van der Waals surface area contributed by atoms with Crippen LogP contribution < -0.4 is 5.32 Å². The van der Waals surface area contributed by atoms with Crippen LogP contribution in [0, 0.1) is 11.8 Å². The fourth-order valence-electron chi connectivity index (χ4n) is 6.08. The predicted octanol–water partition coefficient (Wildman–Crippen LogP) is 1.97. The molecule has 1 aromatic rings. The zero-order chi connectivity index (χ0) is 18.4. The maximum Gasteiger partial charge on any atom is 0.254 e. The topological polar surface area (TPSA) is 58.0 Å². The number of nitrogens with one attached hydrogen (secondary N) is 1. The highest BCUT2D eigenvalue weighted by molar-refractivity contribution is 5.93. The number of ether oxygens (including phenoxy) is 1. The van der Waals surface area contributed by atoms with Crippen LogP contribution in [0.4, 0.5) is 0 Å². The Balaban J connectivity index is 1.22. The van der Waals surface area contributed by atoms with Crippen LogP contribution in [0.3, 0.4) is 0 Å². The van der Waals surface area contributed by atoms with Crippen molar-refractivity contribution in [3.8, 4) is 0 Å². The van der Waals surface area contributed by atoms with E-state index < -0.39 is 0 Å². The Labute approximate surface area is 161 Å². The molecule has 5 heterocycles. The van der Waals surface area contributed by atoms with E-state index in [4.69, 9.17) is 9.15 Å². The van der Waals surface area contributed by atoms with Crippen molar-refractivity contribution in [3.05, 3.63) is 24.2 Å². The smallest absolute Gasteiger partial charge is 0.254 e. The van der Waals surface area contributed by atoms with E-state index in [1.807, 2.05) is 0 Å². The highest BCUT2D eigenvalue weighted by Gasteiger charge is 2.63. The minimum atomic E-state index is -0.0395. The monoisotopic (exact) mass is 373 g/mol. The molecule has 4 saturated heterocycles. The zero-order valence-corrected chi connectivity index (χ0v) is 16.2. The van der Waals surface area contributed by atoms with Gasteiger partial charge in [-0.25, -0.2) is 0 Å². The van der Waals surface area contributed by atoms with Gasteiger partial charge in [-0.15, -0.1) is 0 Å². The summed E-state index contributed by atoms with van der Waals surface area (Å²) in [5.41, 5.74) is 0.655. The second-order valence-electron chi connectivity index (χ2n) is 8.85. The van der Waals surface area contributed by atoms with Crippen molar-refractivity contribution in [2.45, 2.75) is 50.4 Å². The highest BCUT2D eigenvalue weighted by Crippen LogP contribution is 2.55. The Hall–Kier alpha value is -1.37. The van der Waals surface area contributed by atoms with Crippen molar-refractivity contribution in [3.63, 3.8) is 0 Å². The van der Waals surface area contributed by atoms with Crippen molar-refractivity contribution >= 4 is 5.91 Å². The summed E-state index contributed by atoms with van der Waals surface area (Å²) in [5, 5.41) is 3.12. The second-order valence-corrected chi connectivity index (χ2v) is 8.85. The number of carbonyl (C=O) groups excluding carboxylic acids is 1. The van der Waals surface area contributed by atoms with E-state index in [2.05, 4.69) is 22.0 Å². The maximum absolute atomic E-state index is 12.3. The first-order chi connectivity index (χ1) is 13.2. The standard InChI is InChI=1S/C21H31N3O3/c1-2-23-8-4-16(5-9-23)24-12-18-17(19-3-7-21(18,14-24)27-19)11-22-20(25)15-6-10-26-13-15/h6,10,13,16-19H,2-5,7-9,11-12,14H2,1H3,(H,22,25)/t17-,18+,19+,21+/m0/s1. The summed E-state index contributed by atoms with van der Waals surface area (Å²) in [6.45, 7) is 8.82. The largest absolute Gasteiger partial charge is 0.472 e. The molecule has 4 aliphatic heterocycles. The van der Waals surface area contributed by atoms with Gasteiger partial charge in [-0.1, -0.05) is 6.92 Å². The van der Waals surface area contributed by atoms with E-state index in [0.29, 0.717) is 36.1 Å². The van der Waals surface area contributed by atoms with Crippen LogP contribution >= 0.6 is 0 Å². The molecule has 0 aliphatic carbocycles. The summed E-state index contributed by atoms with van der Waals surface area (Å²) in [4.78, 5) is 17.6. The summed E-state index contributed by atoms with van der Waals surface area (Å²) in [7, 11) is 0. The van der Waals surface area contributed by atoms with Crippen molar-refractivity contribution in [2.24, 2.45) is 11.8 Å². The molecule has 4 atom stereocenters. The van der Waals surface area contributed by atoms with E-state index in [1.54, 1.807) is 12.3 Å². The summed E-state index contributed by atoms with van der Waals surface area (Å²) in [6, 6.07) is 2.42. The first kappa shape index (κ1) is 17.7. The highest BCUT2D eigenvalue weighted by atomic mass is 16.5. The van der Waals surface area contributed by atoms with Gasteiger partial charge in [-0.2, -0.15) is 0 Å². The Morgan fingerprint density at radius 2 is 2.19 bits per heavy atom. The predicted molar refractivity (Wildman–Crippen MR) is 102 cm³/mol. The number of piperidine rings is 1. The van der Waals surface area contributed by atoms with Crippen LogP contribution in [-0.4, -0.2) is 72.7 Å². The van der Waals surface area contributed by atoms with Gasteiger partial charge < -0.3 is 19.4 Å². The number of rotatable bonds is 5. The van der Waals surface area contributed by atoms with Gasteiger partial charge in [0, 0.05) is 37.5 Å². The summed E-state index contributed by atoms with van der Waals surface area (Å²) < 4.78 is 11.6. The van der Waals surface area contributed by atoms with Crippen LogP contribution in [0.2, 0.25) is 0 Å². The van der Waals surface area contributed by atoms with Gasteiger partial charge in [0.05, 0.1) is 23.5 Å². The van der Waals surface area contributed by atoms with Gasteiger partial charge in [0.15, 0.2) is 0 Å². The first-order valence-corrected chi connectivity index (χ1v) is 10.6. The van der Waals surface area contributed by atoms with E-state index in [1.165, 1.54) is 45.2 Å². The second kappa shape index (κ2) is 6.90. The lowest BCUT2D eigenvalue weighted by atomic mass is 9.73. The number of amides is 1. The molecule has 4 fully saturated rings. The molecule has 27 heavy (non-hydrogen) atoms. The number of fused-ring (bicyclic) bond motifs is 1. The van der Waals surface area contributed by atoms with Crippen molar-refractivity contribution in [1.29, 1.82) is 0 Å². The van der Waals surface area contributed by atoms with Gasteiger partial charge in [-0.3, -0.25) is 9.69 Å². The first-order valence-electron chi connectivity index (χ1n) is 10.6. The molecule has 1 spiro atoms. The lowest BCUT2D eigenvalue weighted by molar-refractivity contribution is -0.00455. The van der Waals surface area contributed by atoms with Crippen molar-refractivity contribution in [2.75, 3.05) is 39.3 Å². The lowest BCUT2D eigenvalue weighted by Gasteiger charge is -2.37. The molecule has 4 aliphatic rings. The minimum Gasteiger partial charge on any atom is -0.472 e. The molecular formula is C21H31N3O3. The van der Waals surface area contributed by atoms with E-state index >= 15 is 0 Å². The molecule has 0 saturated carbocycles. The molecule has 148 valence electrons. The molecule has 1 amide bonds. The summed E-state index contributed by atoms with van der Waals surface area (Å²) in [5.74, 6) is 0.961. The Bertz CT molecular complexity index is 670. The molecular weight excluding hydrogens is 342 g/mol. The van der Waals surface area contributed by atoms with Gasteiger partial charge in [-0.05, 0) is 51.4 Å². The molecule has 6 heteroatoms.